The van der Waals surface area contributed by atoms with Crippen molar-refractivity contribution in [2.75, 3.05) is 25.9 Å². The molecule has 0 radical (unpaired) electrons. The number of hydrogen-bond donors (Lipinski definition) is 2. The molecule has 3 N–H and O–H groups in total. The van der Waals surface area contributed by atoms with Gasteiger partial charge in [0.2, 0.25) is 0 Å². The molecule has 144 valence electrons. The topological polar surface area (TPSA) is 80.1 Å². The second-order valence-electron chi connectivity index (χ2n) is 6.53. The standard InChI is InChI=1S/C20H27N5OS/c1-5-25(4)11-14-7-9-15(10-8-14)27-19-13(3)22-20(21)18-17(19)23-16(24-18)12-26-6-2/h7-10H,5-6,11-12H2,1-4H3,(H2,21,22)(H,23,24). The first kappa shape index (κ1) is 19.7. The fraction of sp³-hybridized carbons (Fsp3) is 0.400. The largest absolute Gasteiger partial charge is 0.382 e. The molecule has 2 aromatic heterocycles. The van der Waals surface area contributed by atoms with Gasteiger partial charge in [-0.25, -0.2) is 9.97 Å². The van der Waals surface area contributed by atoms with Gasteiger partial charge in [-0.05, 0) is 45.1 Å². The molecule has 6 nitrogen and oxygen atoms in total. The van der Waals surface area contributed by atoms with Crippen molar-refractivity contribution in [3.8, 4) is 0 Å². The molecule has 3 aromatic rings. The van der Waals surface area contributed by atoms with Crippen LogP contribution < -0.4 is 5.73 Å². The number of imidazole rings is 1. The maximum Gasteiger partial charge on any atom is 0.151 e. The van der Waals surface area contributed by atoms with Crippen LogP contribution in [0.3, 0.4) is 0 Å². The highest BCUT2D eigenvalue weighted by molar-refractivity contribution is 7.99. The zero-order valence-corrected chi connectivity index (χ0v) is 17.2. The van der Waals surface area contributed by atoms with Gasteiger partial charge in [0.15, 0.2) is 5.82 Å². The van der Waals surface area contributed by atoms with E-state index in [4.69, 9.17) is 10.5 Å². The Morgan fingerprint density at radius 1 is 1.19 bits per heavy atom. The summed E-state index contributed by atoms with van der Waals surface area (Å²) in [5.74, 6) is 1.22. The van der Waals surface area contributed by atoms with Crippen LogP contribution in [0, 0.1) is 6.92 Å². The van der Waals surface area contributed by atoms with Gasteiger partial charge in [-0.1, -0.05) is 30.8 Å². The molecule has 0 saturated heterocycles. The van der Waals surface area contributed by atoms with Crippen molar-refractivity contribution in [2.45, 2.75) is 43.7 Å². The number of benzene rings is 1. The number of H-pyrrole nitrogens is 1. The lowest BCUT2D eigenvalue weighted by Crippen LogP contribution is -2.16. The number of pyridine rings is 1. The first-order valence-electron chi connectivity index (χ1n) is 9.19. The van der Waals surface area contributed by atoms with Crippen LogP contribution >= 0.6 is 11.8 Å². The van der Waals surface area contributed by atoms with E-state index >= 15 is 0 Å². The van der Waals surface area contributed by atoms with Crippen LogP contribution in [0.1, 0.15) is 30.9 Å². The van der Waals surface area contributed by atoms with E-state index in [9.17, 15) is 0 Å². The molecule has 0 aliphatic carbocycles. The van der Waals surface area contributed by atoms with Crippen molar-refractivity contribution in [3.05, 3.63) is 41.3 Å². The number of anilines is 1. The molecule has 0 bridgehead atoms. The number of nitrogen functional groups attached to an aromatic ring is 1. The first-order chi connectivity index (χ1) is 13.0. The van der Waals surface area contributed by atoms with Crippen molar-refractivity contribution in [1.29, 1.82) is 0 Å². The van der Waals surface area contributed by atoms with Crippen molar-refractivity contribution in [3.63, 3.8) is 0 Å². The van der Waals surface area contributed by atoms with Gasteiger partial charge >= 0.3 is 0 Å². The monoisotopic (exact) mass is 385 g/mol. The summed E-state index contributed by atoms with van der Waals surface area (Å²) in [7, 11) is 2.13. The van der Waals surface area contributed by atoms with Crippen molar-refractivity contribution in [2.24, 2.45) is 0 Å². The van der Waals surface area contributed by atoms with E-state index in [1.807, 2.05) is 13.8 Å². The maximum absolute atomic E-state index is 6.09. The summed E-state index contributed by atoms with van der Waals surface area (Å²) in [6, 6.07) is 8.67. The number of nitrogens with one attached hydrogen (secondary N) is 1. The van der Waals surface area contributed by atoms with Crippen molar-refractivity contribution >= 4 is 28.6 Å². The highest BCUT2D eigenvalue weighted by Gasteiger charge is 2.16. The molecular weight excluding hydrogens is 358 g/mol. The third-order valence-electron chi connectivity index (χ3n) is 4.42. The Bertz CT molecular complexity index is 907. The summed E-state index contributed by atoms with van der Waals surface area (Å²) < 4.78 is 5.47. The van der Waals surface area contributed by atoms with E-state index in [1.54, 1.807) is 11.8 Å². The minimum absolute atomic E-state index is 0.438. The van der Waals surface area contributed by atoms with E-state index in [0.29, 0.717) is 24.5 Å². The summed E-state index contributed by atoms with van der Waals surface area (Å²) in [6.45, 7) is 9.18. The van der Waals surface area contributed by atoms with E-state index in [2.05, 4.69) is 58.1 Å². The third-order valence-corrected chi connectivity index (χ3v) is 5.63. The fourth-order valence-electron chi connectivity index (χ4n) is 2.83. The Balaban J connectivity index is 1.88. The summed E-state index contributed by atoms with van der Waals surface area (Å²) in [5.41, 5.74) is 9.93. The number of nitrogens with zero attached hydrogens (tertiary/aromatic N) is 3. The maximum atomic E-state index is 6.09. The Hall–Kier alpha value is -2.09. The minimum Gasteiger partial charge on any atom is -0.382 e. The Morgan fingerprint density at radius 3 is 2.59 bits per heavy atom. The molecule has 0 fully saturated rings. The fourth-order valence-corrected chi connectivity index (χ4v) is 3.78. The minimum atomic E-state index is 0.438. The molecule has 27 heavy (non-hydrogen) atoms. The smallest absolute Gasteiger partial charge is 0.151 e. The first-order valence-corrected chi connectivity index (χ1v) is 10.0. The van der Waals surface area contributed by atoms with Crippen LogP contribution in [0.2, 0.25) is 0 Å². The summed E-state index contributed by atoms with van der Waals surface area (Å²) in [4.78, 5) is 16.9. The molecule has 3 rings (SSSR count). The van der Waals surface area contributed by atoms with Crippen LogP contribution in [-0.2, 0) is 17.9 Å². The molecule has 0 aliphatic heterocycles. The van der Waals surface area contributed by atoms with Gasteiger partial charge in [-0.2, -0.15) is 0 Å². The van der Waals surface area contributed by atoms with Crippen LogP contribution in [0.4, 0.5) is 5.82 Å². The lowest BCUT2D eigenvalue weighted by atomic mass is 10.2. The Kier molecular flexibility index (Phi) is 6.36. The van der Waals surface area contributed by atoms with Gasteiger partial charge in [0.25, 0.3) is 0 Å². The number of hydrogen-bond acceptors (Lipinski definition) is 6. The summed E-state index contributed by atoms with van der Waals surface area (Å²) >= 11 is 1.68. The van der Waals surface area contributed by atoms with Gasteiger partial charge in [-0.3, -0.25) is 0 Å². The quantitative estimate of drug-likeness (QED) is 0.610. The summed E-state index contributed by atoms with van der Waals surface area (Å²) in [6.07, 6.45) is 0. The number of ether oxygens (including phenoxy) is 1. The molecule has 0 saturated carbocycles. The zero-order chi connectivity index (χ0) is 19.4. The second kappa shape index (κ2) is 8.73. The molecule has 0 amide bonds. The third kappa shape index (κ3) is 4.61. The summed E-state index contributed by atoms with van der Waals surface area (Å²) in [5, 5.41) is 0. The van der Waals surface area contributed by atoms with Crippen molar-refractivity contribution < 1.29 is 4.74 Å². The number of aryl methyl sites for hydroxylation is 1. The average Bonchev–Trinajstić information content (AvgIpc) is 3.09. The van der Waals surface area contributed by atoms with E-state index < -0.39 is 0 Å². The SMILES string of the molecule is CCOCc1nc2c(N)nc(C)c(Sc3ccc(CN(C)CC)cc3)c2[nH]1. The number of nitrogens with two attached hydrogens (primary N) is 1. The number of aromatic nitrogens is 3. The molecule has 7 heteroatoms. The molecule has 2 heterocycles. The lowest BCUT2D eigenvalue weighted by Gasteiger charge is -2.14. The zero-order valence-electron chi connectivity index (χ0n) is 16.4. The molecule has 1 aromatic carbocycles. The van der Waals surface area contributed by atoms with Gasteiger partial charge in [0.1, 0.15) is 17.9 Å². The van der Waals surface area contributed by atoms with Crippen LogP contribution in [0.25, 0.3) is 11.0 Å². The van der Waals surface area contributed by atoms with E-state index in [0.717, 1.165) is 39.9 Å². The normalized spacial score (nSPS) is 11.6. The van der Waals surface area contributed by atoms with E-state index in [-0.39, 0.29) is 0 Å². The molecule has 0 spiro atoms. The number of rotatable bonds is 8. The molecule has 0 unspecified atom stereocenters. The number of fused-ring (bicyclic) bond motifs is 1. The van der Waals surface area contributed by atoms with Crippen LogP contribution in [0.5, 0.6) is 0 Å². The number of aromatic amines is 1. The van der Waals surface area contributed by atoms with Gasteiger partial charge in [-0.15, -0.1) is 0 Å². The molecular formula is C20H27N5OS. The highest BCUT2D eigenvalue weighted by Crippen LogP contribution is 2.36. The highest BCUT2D eigenvalue weighted by atomic mass is 32.2. The van der Waals surface area contributed by atoms with Gasteiger partial charge < -0.3 is 20.4 Å². The predicted molar refractivity (Wildman–Crippen MR) is 111 cm³/mol. The van der Waals surface area contributed by atoms with Gasteiger partial charge in [0, 0.05) is 18.0 Å². The average molecular weight is 386 g/mol. The van der Waals surface area contributed by atoms with E-state index in [1.165, 1.54) is 5.56 Å². The predicted octanol–water partition coefficient (Wildman–Crippen LogP) is 3.99. The second-order valence-corrected chi connectivity index (χ2v) is 7.62. The lowest BCUT2D eigenvalue weighted by molar-refractivity contribution is 0.129. The Labute approximate surface area is 164 Å². The van der Waals surface area contributed by atoms with Gasteiger partial charge in [0.05, 0.1) is 16.1 Å². The molecule has 0 aliphatic rings. The van der Waals surface area contributed by atoms with Crippen molar-refractivity contribution in [1.82, 2.24) is 19.9 Å². The van der Waals surface area contributed by atoms with Crippen LogP contribution in [-0.4, -0.2) is 40.1 Å². The van der Waals surface area contributed by atoms with Crippen LogP contribution in [0.15, 0.2) is 34.1 Å². The Morgan fingerprint density at radius 2 is 1.93 bits per heavy atom. The molecule has 0 atom stereocenters.